The van der Waals surface area contributed by atoms with Crippen LogP contribution in [0, 0.1) is 0 Å². The lowest BCUT2D eigenvalue weighted by atomic mass is 9.95. The largest absolute Gasteiger partial charge is 0.481 e. The summed E-state index contributed by atoms with van der Waals surface area (Å²) in [6.07, 6.45) is -16.5. The average Bonchev–Trinajstić information content (AvgIpc) is 3.57. The summed E-state index contributed by atoms with van der Waals surface area (Å²) in [5.74, 6) is -4.16. The molecule has 2 aliphatic heterocycles. The van der Waals surface area contributed by atoms with E-state index in [1.54, 1.807) is 0 Å². The highest BCUT2D eigenvalue weighted by molar-refractivity contribution is 8.08. The van der Waals surface area contributed by atoms with Crippen molar-refractivity contribution in [2.75, 3.05) is 18.9 Å². The zero-order valence-corrected chi connectivity index (χ0v) is 30.0. The number of nitrogens with zero attached hydrogens (tertiary/aromatic N) is 4. The van der Waals surface area contributed by atoms with Gasteiger partial charge in [0.25, 0.3) is 0 Å². The Bertz CT molecular complexity index is 1760. The summed E-state index contributed by atoms with van der Waals surface area (Å²) in [4.78, 5) is 80.5. The van der Waals surface area contributed by atoms with Crippen molar-refractivity contribution < 1.29 is 89.9 Å². The Morgan fingerprint density at radius 1 is 0.962 bits per heavy atom. The third-order valence-corrected chi connectivity index (χ3v) is 10.6. The molecule has 290 valence electrons. The summed E-state index contributed by atoms with van der Waals surface area (Å²) in [5.41, 5.74) is 6.09. The Balaban J connectivity index is 1.52. The number of phosphoric ester groups is 1. The topological polar surface area (TPSA) is 319 Å². The fourth-order valence-corrected chi connectivity index (χ4v) is 8.19. The van der Waals surface area contributed by atoms with Crippen LogP contribution in [-0.4, -0.2) is 132 Å². The Kier molecular flexibility index (Phi) is 13.4. The quantitative estimate of drug-likeness (QED) is 0.0852. The van der Waals surface area contributed by atoms with E-state index in [9.17, 15) is 43.7 Å². The van der Waals surface area contributed by atoms with Gasteiger partial charge in [0.1, 0.15) is 42.9 Å². The van der Waals surface area contributed by atoms with Crippen LogP contribution in [0.5, 0.6) is 0 Å². The van der Waals surface area contributed by atoms with Gasteiger partial charge in [-0.25, -0.2) is 28.2 Å². The molecule has 4 rings (SSSR count). The van der Waals surface area contributed by atoms with Gasteiger partial charge < -0.3 is 58.7 Å². The van der Waals surface area contributed by atoms with Gasteiger partial charge in [0, 0.05) is 27.7 Å². The first-order chi connectivity index (χ1) is 24.2. The highest BCUT2D eigenvalue weighted by Crippen LogP contribution is 2.62. The van der Waals surface area contributed by atoms with E-state index in [1.807, 2.05) is 0 Å². The van der Waals surface area contributed by atoms with E-state index in [0.29, 0.717) is 0 Å². The molecule has 0 bridgehead atoms. The molecule has 0 aliphatic carbocycles. The number of nitrogen functional groups attached to an aromatic ring is 1. The first-order valence-electron chi connectivity index (χ1n) is 14.8. The third kappa shape index (κ3) is 10.2. The van der Waals surface area contributed by atoms with Crippen molar-refractivity contribution in [3.8, 4) is 0 Å². The van der Waals surface area contributed by atoms with Gasteiger partial charge in [-0.1, -0.05) is 0 Å². The van der Waals surface area contributed by atoms with Gasteiger partial charge in [0.15, 0.2) is 42.2 Å². The number of ether oxygens (including phenoxy) is 6. The molecule has 2 aromatic rings. The van der Waals surface area contributed by atoms with Crippen LogP contribution in [0.3, 0.4) is 0 Å². The van der Waals surface area contributed by atoms with Crippen molar-refractivity contribution in [2.24, 2.45) is 0 Å². The first-order valence-corrected chi connectivity index (χ1v) is 18.9. The first kappa shape index (κ1) is 41.4. The number of hydrogen-bond acceptors (Lipinski definition) is 21. The van der Waals surface area contributed by atoms with Crippen molar-refractivity contribution >= 4 is 67.2 Å². The van der Waals surface area contributed by atoms with Gasteiger partial charge >= 0.3 is 38.4 Å². The van der Waals surface area contributed by atoms with Crippen LogP contribution in [0.2, 0.25) is 0 Å². The van der Waals surface area contributed by atoms with Crippen LogP contribution in [0.25, 0.3) is 11.2 Å². The number of alkyl halides is 1. The second-order valence-corrected chi connectivity index (χ2v) is 15.4. The predicted octanol–water partition coefficient (Wildman–Crippen LogP) is -1.18. The maximum Gasteiger partial charge on any atom is 0.481 e. The summed E-state index contributed by atoms with van der Waals surface area (Å²) in [5, 5.41) is 21.2. The molecule has 12 atom stereocenters. The second-order valence-electron chi connectivity index (χ2n) is 11.1. The minimum absolute atomic E-state index is 0.0244. The minimum Gasteiger partial charge on any atom is -0.463 e. The Morgan fingerprint density at radius 2 is 1.58 bits per heavy atom. The molecule has 0 amide bonds. The standard InChI is InChI=1S/C25H34FN5O18P2S/c1-9(32)41-5-13(26)18-19(43-10(2)33)20(44-11(3)34)21(45-12(4)35)25(47-18)48-50(38,39)49-51(40,52)42-6-14-16(36)17(37)24(46-14)31-8-30-15-22(27)28-7-29-23(15)31/h7-8,13-14,16-21,24-25,36-37H,5-6H2,1-4H3,(H,38,39)(H,40,52)(H2,27,28,29)/t13-,14?,16?,17?,18?,19?,20?,21?,24?,25?,51?/m0/s1. The Labute approximate surface area is 297 Å². The van der Waals surface area contributed by atoms with E-state index in [1.165, 1.54) is 10.9 Å². The van der Waals surface area contributed by atoms with E-state index in [0.717, 1.165) is 34.0 Å². The number of hydrogen-bond donors (Lipinski definition) is 5. The number of rotatable bonds is 14. The number of aliphatic hydroxyl groups is 2. The number of aromatic nitrogens is 4. The zero-order valence-electron chi connectivity index (χ0n) is 27.4. The lowest BCUT2D eigenvalue weighted by Crippen LogP contribution is -2.64. The number of nitrogens with two attached hydrogens (primary N) is 1. The molecule has 2 aromatic heterocycles. The second kappa shape index (κ2) is 16.8. The monoisotopic (exact) mass is 805 g/mol. The van der Waals surface area contributed by atoms with Gasteiger partial charge in [0.05, 0.1) is 12.9 Å². The fourth-order valence-electron chi connectivity index (χ4n) is 5.10. The molecule has 0 spiro atoms. The summed E-state index contributed by atoms with van der Waals surface area (Å²) in [6.45, 7) is -3.12. The minimum atomic E-state index is -5.72. The van der Waals surface area contributed by atoms with Crippen molar-refractivity contribution in [2.45, 2.75) is 89.1 Å². The number of aliphatic hydroxyl groups excluding tert-OH is 2. The van der Waals surface area contributed by atoms with Gasteiger partial charge in [-0.3, -0.25) is 28.3 Å². The van der Waals surface area contributed by atoms with E-state index < -0.39 is 113 Å². The van der Waals surface area contributed by atoms with Crippen molar-refractivity contribution in [3.63, 3.8) is 0 Å². The number of imidazole rings is 1. The van der Waals surface area contributed by atoms with Crippen LogP contribution in [-0.2, 0) is 77.3 Å². The molecule has 52 heavy (non-hydrogen) atoms. The van der Waals surface area contributed by atoms with Crippen molar-refractivity contribution in [1.82, 2.24) is 19.5 Å². The smallest absolute Gasteiger partial charge is 0.463 e. The number of halogens is 1. The maximum absolute atomic E-state index is 15.4. The highest BCUT2D eigenvalue weighted by Gasteiger charge is 2.57. The van der Waals surface area contributed by atoms with Crippen LogP contribution < -0.4 is 5.73 Å². The van der Waals surface area contributed by atoms with Crippen LogP contribution in [0.1, 0.15) is 33.9 Å². The molecule has 0 saturated carbocycles. The van der Waals surface area contributed by atoms with Crippen LogP contribution >= 0.6 is 14.5 Å². The van der Waals surface area contributed by atoms with Crippen LogP contribution in [0.4, 0.5) is 10.2 Å². The maximum atomic E-state index is 15.4. The van der Waals surface area contributed by atoms with Gasteiger partial charge in [-0.15, -0.1) is 0 Å². The number of esters is 4. The molecular formula is C25H34FN5O18P2S. The zero-order chi connectivity index (χ0) is 38.7. The summed E-state index contributed by atoms with van der Waals surface area (Å²) in [6, 6.07) is 0. The Morgan fingerprint density at radius 3 is 2.19 bits per heavy atom. The molecule has 0 radical (unpaired) electrons. The molecular weight excluding hydrogens is 771 g/mol. The molecule has 2 saturated heterocycles. The third-order valence-electron chi connectivity index (χ3n) is 7.08. The van der Waals surface area contributed by atoms with E-state index in [-0.39, 0.29) is 17.0 Å². The van der Waals surface area contributed by atoms with E-state index in [4.69, 9.17) is 50.3 Å². The lowest BCUT2D eigenvalue weighted by molar-refractivity contribution is -0.296. The molecule has 0 aromatic carbocycles. The molecule has 2 fully saturated rings. The van der Waals surface area contributed by atoms with Gasteiger partial charge in [0.2, 0.25) is 6.29 Å². The SMILES string of the molecule is CC(=O)OC[C@H](F)C1OC(OP(=O)(O)OP(O)(=S)OCC2OC(n3cnc4c(N)ncnc43)C(O)C2O)C(OC(C)=O)C(OC(C)=O)C1OC(C)=O. The number of fused-ring (bicyclic) bond motifs is 1. The molecule has 11 unspecified atom stereocenters. The summed E-state index contributed by atoms with van der Waals surface area (Å²) >= 11 is 4.82. The fraction of sp³-hybridized carbons (Fsp3) is 0.640. The molecule has 6 N–H and O–H groups in total. The average molecular weight is 806 g/mol. The van der Waals surface area contributed by atoms with E-state index >= 15 is 4.39 Å². The number of carbonyl (C=O) groups excluding carboxylic acids is 4. The normalized spacial score (nSPS) is 30.4. The van der Waals surface area contributed by atoms with Gasteiger partial charge in [-0.05, 0) is 11.8 Å². The Hall–Kier alpha value is -3.32. The lowest BCUT2D eigenvalue weighted by Gasteiger charge is -2.44. The number of carbonyl (C=O) groups is 4. The van der Waals surface area contributed by atoms with Crippen molar-refractivity contribution in [3.05, 3.63) is 12.7 Å². The summed E-state index contributed by atoms with van der Waals surface area (Å²) in [7, 11) is -5.72. The molecule has 27 heteroatoms. The van der Waals surface area contributed by atoms with Crippen molar-refractivity contribution in [1.29, 1.82) is 0 Å². The molecule has 2 aliphatic rings. The van der Waals surface area contributed by atoms with Crippen LogP contribution in [0.15, 0.2) is 12.7 Å². The number of anilines is 1. The molecule has 23 nitrogen and oxygen atoms in total. The summed E-state index contributed by atoms with van der Waals surface area (Å²) < 4.78 is 75.7. The highest BCUT2D eigenvalue weighted by atomic mass is 32.5. The van der Waals surface area contributed by atoms with Gasteiger partial charge in [-0.2, -0.15) is 0 Å². The predicted molar refractivity (Wildman–Crippen MR) is 167 cm³/mol. The molecule has 4 heterocycles. The van der Waals surface area contributed by atoms with E-state index in [2.05, 4.69) is 24.0 Å². The number of phosphoric acid groups is 1.